The van der Waals surface area contributed by atoms with E-state index in [4.69, 9.17) is 9.31 Å². The van der Waals surface area contributed by atoms with E-state index >= 15 is 0 Å². The molecule has 2 aliphatic heterocycles. The lowest BCUT2D eigenvalue weighted by Crippen LogP contribution is -2.62. The van der Waals surface area contributed by atoms with Crippen LogP contribution in [0.15, 0.2) is 8.20 Å². The van der Waals surface area contributed by atoms with Gasteiger partial charge in [0.1, 0.15) is 6.16 Å². The molecule has 0 bridgehead atoms. The summed E-state index contributed by atoms with van der Waals surface area (Å²) >= 11 is -0.643. The van der Waals surface area contributed by atoms with Gasteiger partial charge in [-0.1, -0.05) is 18.4 Å². The van der Waals surface area contributed by atoms with Crippen LogP contribution in [0.4, 0.5) is 0 Å². The number of rotatable bonds is 15. The summed E-state index contributed by atoms with van der Waals surface area (Å²) in [5, 5.41) is 7.72. The lowest BCUT2D eigenvalue weighted by molar-refractivity contribution is -0.195. The van der Waals surface area contributed by atoms with Gasteiger partial charge in [0.2, 0.25) is 19.4 Å². The fraction of sp³-hybridized carbons (Fsp3) is 0.739. The van der Waals surface area contributed by atoms with Gasteiger partial charge in [0.15, 0.2) is 5.71 Å². The summed E-state index contributed by atoms with van der Waals surface area (Å²) in [6, 6.07) is 0. The van der Waals surface area contributed by atoms with Gasteiger partial charge in [0, 0.05) is 53.7 Å². The molecule has 4 atom stereocenters. The molecule has 0 aromatic carbocycles. The van der Waals surface area contributed by atoms with Crippen molar-refractivity contribution in [3.8, 4) is 0 Å². The van der Waals surface area contributed by atoms with Gasteiger partial charge in [-0.3, -0.25) is 24.3 Å². The third-order valence-electron chi connectivity index (χ3n) is 6.27. The number of hydrogen-bond donors (Lipinski definition) is 4. The van der Waals surface area contributed by atoms with E-state index in [-0.39, 0.29) is 30.8 Å². The molecule has 3 amide bonds. The van der Waals surface area contributed by atoms with Crippen molar-refractivity contribution in [2.24, 2.45) is 14.1 Å². The zero-order valence-corrected chi connectivity index (χ0v) is 28.2. The topological polar surface area (TPSA) is 211 Å². The summed E-state index contributed by atoms with van der Waals surface area (Å²) in [5.41, 5.74) is -2.46. The van der Waals surface area contributed by atoms with E-state index in [1.165, 1.54) is 13.1 Å². The predicted octanol–water partition coefficient (Wildman–Crippen LogP) is 0.144. The highest BCUT2D eigenvalue weighted by molar-refractivity contribution is 14.2. The summed E-state index contributed by atoms with van der Waals surface area (Å²) in [5.74, 6) is -1.26. The van der Waals surface area contributed by atoms with Crippen molar-refractivity contribution in [1.29, 1.82) is 0 Å². The highest BCUT2D eigenvalue weighted by Gasteiger charge is 2.44. The van der Waals surface area contributed by atoms with Gasteiger partial charge < -0.3 is 39.6 Å². The lowest BCUT2D eigenvalue weighted by atomic mass is 9.61. The van der Waals surface area contributed by atoms with Gasteiger partial charge in [-0.25, -0.2) is 3.21 Å². The second kappa shape index (κ2) is 17.7. The maximum atomic E-state index is 12.8. The Kier molecular flexibility index (Phi) is 15.5. The molecule has 2 aliphatic rings. The summed E-state index contributed by atoms with van der Waals surface area (Å²) in [7, 11) is -8.06. The van der Waals surface area contributed by atoms with Crippen LogP contribution in [-0.2, 0) is 32.8 Å². The first-order valence-electron chi connectivity index (χ1n) is 13.6. The molecule has 236 valence electrons. The van der Waals surface area contributed by atoms with Crippen molar-refractivity contribution in [3.63, 3.8) is 0 Å². The molecule has 2 heterocycles. The average molecular weight is 744 g/mol. The molecule has 1 saturated heterocycles. The minimum absolute atomic E-state index is 0.00412. The molecule has 0 spiro atoms. The molecule has 0 aromatic rings. The van der Waals surface area contributed by atoms with Crippen molar-refractivity contribution in [2.75, 3.05) is 45.6 Å². The molecule has 4 unspecified atom stereocenters. The maximum absolute atomic E-state index is 12.8. The van der Waals surface area contributed by atoms with Gasteiger partial charge in [-0.2, -0.15) is 0 Å². The number of aliphatic imine (C=N–C) groups is 1. The van der Waals surface area contributed by atoms with E-state index in [2.05, 4.69) is 24.1 Å². The zero-order valence-electron chi connectivity index (χ0n) is 24.3. The Labute approximate surface area is 257 Å². The second-order valence-corrected chi connectivity index (χ2v) is 16.1. The van der Waals surface area contributed by atoms with Gasteiger partial charge in [0.05, 0.1) is 22.3 Å². The van der Waals surface area contributed by atoms with E-state index in [1.807, 2.05) is 25.7 Å². The first-order chi connectivity index (χ1) is 19.7. The summed E-state index contributed by atoms with van der Waals surface area (Å²) in [6.07, 6.45) is 2.31. The molecule has 15 nitrogen and oxygen atoms in total. The standard InChI is InChI=1S/C23H40BIN6O9P2/c1-5-41(35)22(42(36,37)38)28-19(32)7-6-8-31-9-11-39-24(40-12-10-31)23(4,13-17(2)3)29-20(33)15-27-21(34)18-14-26-16-25-30-18/h14,16-17,22H,5-13,15H2,1-4H3,(H4-,27,28,29,32,33,34,36,37,38). The van der Waals surface area contributed by atoms with Crippen LogP contribution in [0.25, 0.3) is 0 Å². The van der Waals surface area contributed by atoms with Crippen LogP contribution in [0.2, 0.25) is 0 Å². The highest BCUT2D eigenvalue weighted by atomic mass is 127. The van der Waals surface area contributed by atoms with Crippen molar-refractivity contribution in [3.05, 3.63) is 0 Å². The Balaban J connectivity index is 1.85. The van der Waals surface area contributed by atoms with E-state index in [0.29, 0.717) is 45.7 Å². The van der Waals surface area contributed by atoms with E-state index in [1.54, 1.807) is 4.14 Å². The third-order valence-corrected chi connectivity index (χ3v) is 11.3. The number of halogens is 1. The molecule has 0 aromatic heterocycles. The molecule has 0 saturated carbocycles. The lowest BCUT2D eigenvalue weighted by Gasteiger charge is -2.38. The molecule has 19 heteroatoms. The number of nitrogens with zero attached hydrogens (tertiary/aromatic N) is 3. The van der Waals surface area contributed by atoms with E-state index in [0.717, 1.165) is 0 Å². The molecule has 0 radical (unpaired) electrons. The summed E-state index contributed by atoms with van der Waals surface area (Å²) in [4.78, 5) is 64.1. The molecule has 4 N–H and O–H groups in total. The fourth-order valence-corrected chi connectivity index (χ4v) is 8.29. The largest absolute Gasteiger partial charge is 0.774 e. The van der Waals surface area contributed by atoms with Crippen LogP contribution in [0, 0.1) is 5.92 Å². The average Bonchev–Trinajstić information content (AvgIpc) is 2.90. The predicted molar refractivity (Wildman–Crippen MR) is 168 cm³/mol. The number of carbonyl (C=O) groups is 3. The molecule has 0 aliphatic carbocycles. The Morgan fingerprint density at radius 2 is 1.95 bits per heavy atom. The number of nitrogens with one attached hydrogen (secondary N) is 3. The van der Waals surface area contributed by atoms with Gasteiger partial charge in [0.25, 0.3) is 11.4 Å². The van der Waals surface area contributed by atoms with Gasteiger partial charge >= 0.3 is 14.9 Å². The minimum Gasteiger partial charge on any atom is -0.774 e. The van der Waals surface area contributed by atoms with Crippen LogP contribution in [0.3, 0.4) is 0 Å². The van der Waals surface area contributed by atoms with E-state index in [9.17, 15) is 33.3 Å². The SMILES string of the molecule is CC[P+](=O)C(NC(=O)CCCN1CCOB(C(C)(CC(C)C)NC(=O)CNC(=O)C2=NI=CN=C2)OCC1)P(=O)([O-])O. The first kappa shape index (κ1) is 36.7. The first-order valence-corrected chi connectivity index (χ1v) is 19.0. The molecule has 1 fully saturated rings. The Hall–Kier alpha value is -1.46. The van der Waals surface area contributed by atoms with Crippen molar-refractivity contribution >= 4 is 77.3 Å². The monoisotopic (exact) mass is 744 g/mol. The summed E-state index contributed by atoms with van der Waals surface area (Å²) in [6.45, 7) is 9.30. The Morgan fingerprint density at radius 3 is 2.50 bits per heavy atom. The highest BCUT2D eigenvalue weighted by Crippen LogP contribution is 2.48. The van der Waals surface area contributed by atoms with E-state index < -0.39 is 72.2 Å². The Bertz CT molecular complexity index is 1110. The second-order valence-electron chi connectivity index (χ2n) is 10.4. The third kappa shape index (κ3) is 12.6. The maximum Gasteiger partial charge on any atom is 0.484 e. The van der Waals surface area contributed by atoms with Crippen molar-refractivity contribution in [1.82, 2.24) is 20.9 Å². The number of amides is 3. The number of hydrogen-bond acceptors (Lipinski definition) is 11. The molecule has 2 rings (SSSR count). The molecular weight excluding hydrogens is 704 g/mol. The van der Waals surface area contributed by atoms with Crippen LogP contribution in [0.5, 0.6) is 0 Å². The molecule has 42 heavy (non-hydrogen) atoms. The van der Waals surface area contributed by atoms with Crippen LogP contribution >= 0.6 is 36.4 Å². The normalized spacial score (nSPS) is 20.1. The van der Waals surface area contributed by atoms with Crippen molar-refractivity contribution < 1.29 is 42.6 Å². The van der Waals surface area contributed by atoms with Crippen LogP contribution in [0.1, 0.15) is 47.0 Å². The van der Waals surface area contributed by atoms with Crippen molar-refractivity contribution in [2.45, 2.75) is 57.9 Å². The fourth-order valence-electron chi connectivity index (χ4n) is 4.48. The van der Waals surface area contributed by atoms with Crippen LogP contribution < -0.4 is 20.8 Å². The summed E-state index contributed by atoms with van der Waals surface area (Å²) < 4.78 is 41.4. The van der Waals surface area contributed by atoms with Crippen LogP contribution in [-0.4, -0.2) is 107 Å². The number of carbonyl (C=O) groups excluding carboxylic acids is 3. The minimum atomic E-state index is -4.99. The van der Waals surface area contributed by atoms with Gasteiger partial charge in [-0.15, -0.1) is 0 Å². The molecular formula is C23H40BIN6O9P2. The smallest absolute Gasteiger partial charge is 0.484 e. The quantitative estimate of drug-likeness (QED) is 0.101. The Morgan fingerprint density at radius 1 is 1.29 bits per heavy atom. The van der Waals surface area contributed by atoms with Gasteiger partial charge in [-0.05, 0) is 39.2 Å². The zero-order chi connectivity index (χ0) is 31.3.